The predicted molar refractivity (Wildman–Crippen MR) is 83.7 cm³/mol. The molecular formula is C19H14O4. The van der Waals surface area contributed by atoms with E-state index in [2.05, 4.69) is 0 Å². The Morgan fingerprint density at radius 3 is 2.52 bits per heavy atom. The minimum absolute atomic E-state index is 0.380. The van der Waals surface area contributed by atoms with Crippen molar-refractivity contribution in [1.29, 1.82) is 0 Å². The number of hydrogen-bond acceptors (Lipinski definition) is 4. The fraction of sp³-hybridized carbons (Fsp3) is 0.158. The molecule has 0 unspecified atom stereocenters. The molecule has 2 aromatic carbocycles. The fourth-order valence-corrected chi connectivity index (χ4v) is 3.46. The van der Waals surface area contributed by atoms with Crippen LogP contribution in [0.2, 0.25) is 0 Å². The number of methoxy groups -OCH3 is 1. The van der Waals surface area contributed by atoms with Gasteiger partial charge in [0.1, 0.15) is 5.75 Å². The highest BCUT2D eigenvalue weighted by Gasteiger charge is 2.64. The van der Waals surface area contributed by atoms with E-state index in [1.165, 1.54) is 7.11 Å². The zero-order valence-corrected chi connectivity index (χ0v) is 12.5. The Bertz CT molecular complexity index is 837. The molecule has 0 bridgehead atoms. The molecule has 1 aliphatic carbocycles. The number of carbonyl (C=O) groups is 2. The monoisotopic (exact) mass is 306 g/mol. The van der Waals surface area contributed by atoms with Crippen LogP contribution >= 0.6 is 0 Å². The molecule has 1 aliphatic heterocycles. The average molecular weight is 306 g/mol. The molecule has 23 heavy (non-hydrogen) atoms. The summed E-state index contributed by atoms with van der Waals surface area (Å²) in [5, 5.41) is 0. The molecule has 0 radical (unpaired) electrons. The summed E-state index contributed by atoms with van der Waals surface area (Å²) in [7, 11) is 1.29. The van der Waals surface area contributed by atoms with Crippen LogP contribution in [0.1, 0.15) is 17.0 Å². The molecule has 0 N–H and O–H groups in total. The lowest BCUT2D eigenvalue weighted by molar-refractivity contribution is -0.164. The maximum Gasteiger partial charge on any atom is 0.333 e. The lowest BCUT2D eigenvalue weighted by atomic mass is 9.56. The summed E-state index contributed by atoms with van der Waals surface area (Å²) < 4.78 is 10.3. The quantitative estimate of drug-likeness (QED) is 0.486. The number of rotatable bonds is 2. The van der Waals surface area contributed by atoms with Gasteiger partial charge in [0, 0.05) is 11.5 Å². The predicted octanol–water partition coefficient (Wildman–Crippen LogP) is 2.95. The minimum Gasteiger partial charge on any atom is -0.468 e. The Kier molecular flexibility index (Phi) is 2.88. The largest absolute Gasteiger partial charge is 0.468 e. The summed E-state index contributed by atoms with van der Waals surface area (Å²) in [6, 6.07) is 17.0. The first-order chi connectivity index (χ1) is 11.2. The second kappa shape index (κ2) is 4.81. The highest BCUT2D eigenvalue weighted by molar-refractivity contribution is 6.13. The van der Waals surface area contributed by atoms with Crippen molar-refractivity contribution in [3.63, 3.8) is 0 Å². The van der Waals surface area contributed by atoms with Crippen LogP contribution in [0.3, 0.4) is 0 Å². The molecule has 2 atom stereocenters. The Labute approximate surface area is 133 Å². The lowest BCUT2D eigenvalue weighted by Gasteiger charge is -2.46. The van der Waals surface area contributed by atoms with Crippen LogP contribution in [0, 0.1) is 5.41 Å². The van der Waals surface area contributed by atoms with E-state index in [9.17, 15) is 9.59 Å². The molecule has 4 rings (SSSR count). The number of para-hydroxylation sites is 1. The third-order valence-corrected chi connectivity index (χ3v) is 4.55. The van der Waals surface area contributed by atoms with Gasteiger partial charge in [0.25, 0.3) is 0 Å². The summed E-state index contributed by atoms with van der Waals surface area (Å²) >= 11 is 0. The van der Waals surface area contributed by atoms with Crippen LogP contribution in [0.4, 0.5) is 0 Å². The minimum atomic E-state index is -1.38. The van der Waals surface area contributed by atoms with E-state index in [0.29, 0.717) is 5.75 Å². The van der Waals surface area contributed by atoms with Crippen LogP contribution in [-0.2, 0) is 14.3 Å². The van der Waals surface area contributed by atoms with E-state index in [4.69, 9.17) is 9.47 Å². The van der Waals surface area contributed by atoms with Crippen LogP contribution in [-0.4, -0.2) is 19.0 Å². The van der Waals surface area contributed by atoms with Crippen molar-refractivity contribution < 1.29 is 19.1 Å². The molecule has 0 amide bonds. The topological polar surface area (TPSA) is 52.6 Å². The van der Waals surface area contributed by atoms with Gasteiger partial charge in [0.2, 0.25) is 0 Å². The number of esters is 2. The molecular weight excluding hydrogens is 292 g/mol. The highest BCUT2D eigenvalue weighted by Crippen LogP contribution is 2.60. The van der Waals surface area contributed by atoms with Crippen LogP contribution < -0.4 is 4.74 Å². The second-order valence-corrected chi connectivity index (χ2v) is 5.69. The zero-order valence-electron chi connectivity index (χ0n) is 12.5. The molecule has 0 fully saturated rings. The van der Waals surface area contributed by atoms with Gasteiger partial charge >= 0.3 is 11.9 Å². The van der Waals surface area contributed by atoms with Crippen LogP contribution in [0.15, 0.2) is 60.7 Å². The lowest BCUT2D eigenvalue weighted by Crippen LogP contribution is -2.54. The summed E-state index contributed by atoms with van der Waals surface area (Å²) in [5.41, 5.74) is 1.38. The summed E-state index contributed by atoms with van der Waals surface area (Å²) in [5.74, 6) is -1.03. The first-order valence-corrected chi connectivity index (χ1v) is 7.36. The molecule has 0 spiro atoms. The standard InChI is InChI=1S/C19H14O4/c1-22-17(20)19-11-14(12-7-3-2-4-8-12)16(19)13-9-5-6-10-15(13)23-18(19)21/h2-11,16H,1H3/t16-,19+/m1/s1. The number of allylic oxidation sites excluding steroid dienone is 1. The highest BCUT2D eigenvalue weighted by atomic mass is 16.6. The molecule has 0 aromatic heterocycles. The molecule has 4 nitrogen and oxygen atoms in total. The zero-order chi connectivity index (χ0) is 16.0. The maximum absolute atomic E-state index is 12.6. The van der Waals surface area contributed by atoms with E-state index < -0.39 is 17.4 Å². The third-order valence-electron chi connectivity index (χ3n) is 4.55. The van der Waals surface area contributed by atoms with Crippen molar-refractivity contribution in [2.75, 3.05) is 7.11 Å². The van der Waals surface area contributed by atoms with Crippen molar-refractivity contribution in [3.8, 4) is 5.75 Å². The van der Waals surface area contributed by atoms with Crippen LogP contribution in [0.5, 0.6) is 5.75 Å². The fourth-order valence-electron chi connectivity index (χ4n) is 3.46. The first kappa shape index (κ1) is 13.8. The van der Waals surface area contributed by atoms with E-state index >= 15 is 0 Å². The van der Waals surface area contributed by atoms with Crippen LogP contribution in [0.25, 0.3) is 5.57 Å². The van der Waals surface area contributed by atoms with E-state index in [-0.39, 0.29) is 5.92 Å². The maximum atomic E-state index is 12.6. The van der Waals surface area contributed by atoms with Gasteiger partial charge in [0.15, 0.2) is 5.41 Å². The molecule has 2 aliphatic rings. The molecule has 114 valence electrons. The summed E-state index contributed by atoms with van der Waals surface area (Å²) in [6.07, 6.45) is 1.68. The Morgan fingerprint density at radius 1 is 1.09 bits per heavy atom. The van der Waals surface area contributed by atoms with Gasteiger partial charge in [-0.15, -0.1) is 0 Å². The van der Waals surface area contributed by atoms with Gasteiger partial charge in [-0.2, -0.15) is 0 Å². The Morgan fingerprint density at radius 2 is 1.78 bits per heavy atom. The molecule has 1 heterocycles. The Balaban J connectivity index is 1.94. The molecule has 2 aromatic rings. The van der Waals surface area contributed by atoms with Crippen molar-refractivity contribution in [2.24, 2.45) is 5.41 Å². The van der Waals surface area contributed by atoms with Crippen molar-refractivity contribution in [3.05, 3.63) is 71.8 Å². The number of hydrogen-bond donors (Lipinski definition) is 0. The average Bonchev–Trinajstić information content (AvgIpc) is 2.56. The van der Waals surface area contributed by atoms with Crippen molar-refractivity contribution in [2.45, 2.75) is 5.92 Å². The normalized spacial score (nSPS) is 24.5. The van der Waals surface area contributed by atoms with E-state index in [0.717, 1.165) is 16.7 Å². The van der Waals surface area contributed by atoms with Gasteiger partial charge in [-0.25, -0.2) is 0 Å². The van der Waals surface area contributed by atoms with Gasteiger partial charge in [-0.3, -0.25) is 9.59 Å². The molecule has 0 saturated heterocycles. The SMILES string of the molecule is COC(=O)[C@]12C=C(c3ccccc3)[C@H]1c1ccccc1OC2=O. The smallest absolute Gasteiger partial charge is 0.333 e. The number of benzene rings is 2. The van der Waals surface area contributed by atoms with Crippen molar-refractivity contribution in [1.82, 2.24) is 0 Å². The molecule has 0 saturated carbocycles. The van der Waals surface area contributed by atoms with Crippen molar-refractivity contribution >= 4 is 17.5 Å². The Hall–Kier alpha value is -2.88. The summed E-state index contributed by atoms with van der Waals surface area (Å²) in [4.78, 5) is 24.9. The summed E-state index contributed by atoms with van der Waals surface area (Å²) in [6.45, 7) is 0. The van der Waals surface area contributed by atoms with E-state index in [1.54, 1.807) is 12.1 Å². The van der Waals surface area contributed by atoms with Gasteiger partial charge in [0.05, 0.1) is 7.11 Å². The molecule has 4 heteroatoms. The number of ether oxygens (including phenoxy) is 2. The number of carbonyl (C=O) groups excluding carboxylic acids is 2. The van der Waals surface area contributed by atoms with Gasteiger partial charge in [-0.05, 0) is 17.2 Å². The van der Waals surface area contributed by atoms with E-state index in [1.807, 2.05) is 48.5 Å². The third kappa shape index (κ3) is 1.72. The number of fused-ring (bicyclic) bond motifs is 3. The first-order valence-electron chi connectivity index (χ1n) is 7.36. The van der Waals surface area contributed by atoms with Gasteiger partial charge in [-0.1, -0.05) is 54.6 Å². The second-order valence-electron chi connectivity index (χ2n) is 5.69. The van der Waals surface area contributed by atoms with Gasteiger partial charge < -0.3 is 9.47 Å².